The molecule has 1 fully saturated rings. The van der Waals surface area contributed by atoms with Crippen LogP contribution in [0.1, 0.15) is 49.1 Å². The summed E-state index contributed by atoms with van der Waals surface area (Å²) in [5.74, 6) is 1.45. The molecule has 2 aromatic rings. The van der Waals surface area contributed by atoms with Gasteiger partial charge in [0.05, 0.1) is 5.69 Å². The summed E-state index contributed by atoms with van der Waals surface area (Å²) in [4.78, 5) is 19.1. The van der Waals surface area contributed by atoms with Crippen LogP contribution in [0.5, 0.6) is 0 Å². The van der Waals surface area contributed by atoms with Crippen molar-refractivity contribution in [2.75, 3.05) is 26.2 Å². The maximum Gasteiger partial charge on any atom is 0.290 e. The van der Waals surface area contributed by atoms with Gasteiger partial charge in [-0.15, -0.1) is 5.10 Å². The van der Waals surface area contributed by atoms with E-state index < -0.39 is 0 Å². The maximum atomic E-state index is 12.3. The molecule has 0 saturated carbocycles. The third-order valence-electron chi connectivity index (χ3n) is 4.97. The van der Waals surface area contributed by atoms with E-state index in [9.17, 15) is 4.79 Å². The Kier molecular flexibility index (Phi) is 6.85. The molecule has 0 radical (unpaired) electrons. The van der Waals surface area contributed by atoms with Crippen LogP contribution < -0.4 is 5.32 Å². The molecule has 7 heteroatoms. The van der Waals surface area contributed by atoms with Gasteiger partial charge in [-0.05, 0) is 75.9 Å². The number of amides is 1. The Hall–Kier alpha value is -1.92. The van der Waals surface area contributed by atoms with E-state index in [1.54, 1.807) is 16.8 Å². The van der Waals surface area contributed by atoms with E-state index in [0.717, 1.165) is 31.0 Å². The van der Waals surface area contributed by atoms with Gasteiger partial charge in [-0.25, -0.2) is 9.67 Å². The van der Waals surface area contributed by atoms with Gasteiger partial charge in [-0.3, -0.25) is 4.79 Å². The molecule has 1 aromatic heterocycles. The van der Waals surface area contributed by atoms with Crippen LogP contribution in [0.15, 0.2) is 24.3 Å². The summed E-state index contributed by atoms with van der Waals surface area (Å²) in [5, 5.41) is 7.92. The van der Waals surface area contributed by atoms with Crippen molar-refractivity contribution in [1.29, 1.82) is 0 Å². The fraction of sp³-hybridized carbons (Fsp3) is 0.550. The predicted molar refractivity (Wildman–Crippen MR) is 108 cm³/mol. The monoisotopic (exact) mass is 389 g/mol. The fourth-order valence-corrected chi connectivity index (χ4v) is 3.67. The second-order valence-electron chi connectivity index (χ2n) is 7.38. The average Bonchev–Trinajstić information content (AvgIpc) is 3.04. The number of hydrogen-bond donors (Lipinski definition) is 1. The third-order valence-corrected chi connectivity index (χ3v) is 5.22. The lowest BCUT2D eigenvalue weighted by atomic mass is 10.0. The van der Waals surface area contributed by atoms with E-state index in [2.05, 4.69) is 27.2 Å². The van der Waals surface area contributed by atoms with Crippen molar-refractivity contribution >= 4 is 17.5 Å². The Morgan fingerprint density at radius 1 is 1.30 bits per heavy atom. The summed E-state index contributed by atoms with van der Waals surface area (Å²) in [5.41, 5.74) is 0.833. The van der Waals surface area contributed by atoms with E-state index in [1.165, 1.54) is 25.9 Å². The van der Waals surface area contributed by atoms with Crippen LogP contribution in [0.3, 0.4) is 0 Å². The first-order valence-electron chi connectivity index (χ1n) is 9.73. The number of unbranched alkanes of at least 4 members (excludes halogenated alkanes) is 1. The van der Waals surface area contributed by atoms with Crippen LogP contribution in [-0.4, -0.2) is 51.8 Å². The van der Waals surface area contributed by atoms with Crippen molar-refractivity contribution in [3.8, 4) is 5.69 Å². The van der Waals surface area contributed by atoms with Gasteiger partial charge < -0.3 is 10.2 Å². The fourth-order valence-electron chi connectivity index (χ4n) is 3.54. The van der Waals surface area contributed by atoms with Crippen molar-refractivity contribution < 1.29 is 4.79 Å². The van der Waals surface area contributed by atoms with Crippen molar-refractivity contribution in [2.45, 2.75) is 39.5 Å². The number of piperidine rings is 1. The zero-order valence-electron chi connectivity index (χ0n) is 16.1. The van der Waals surface area contributed by atoms with Crippen LogP contribution >= 0.6 is 11.6 Å². The highest BCUT2D eigenvalue weighted by molar-refractivity contribution is 6.30. The smallest absolute Gasteiger partial charge is 0.290 e. The molecular weight excluding hydrogens is 362 g/mol. The molecule has 27 heavy (non-hydrogen) atoms. The van der Waals surface area contributed by atoms with Crippen molar-refractivity contribution in [1.82, 2.24) is 25.0 Å². The number of aromatic nitrogens is 3. The first kappa shape index (κ1) is 19.8. The number of halogens is 1. The number of likely N-dealkylation sites (tertiary alicyclic amines) is 1. The largest absolute Gasteiger partial charge is 0.349 e. The average molecular weight is 390 g/mol. The third kappa shape index (κ3) is 5.53. The molecule has 1 saturated heterocycles. The Bertz CT molecular complexity index is 758. The number of hydrogen-bond acceptors (Lipinski definition) is 4. The van der Waals surface area contributed by atoms with Crippen LogP contribution in [0.4, 0.5) is 0 Å². The summed E-state index contributed by atoms with van der Waals surface area (Å²) in [6, 6.07) is 7.29. The van der Waals surface area contributed by atoms with Crippen LogP contribution in [0.25, 0.3) is 5.69 Å². The molecule has 1 aromatic carbocycles. The molecule has 1 atom stereocenters. The molecule has 1 N–H and O–H groups in total. The van der Waals surface area contributed by atoms with Crippen LogP contribution in [0, 0.1) is 12.8 Å². The second kappa shape index (κ2) is 9.33. The summed E-state index contributed by atoms with van der Waals surface area (Å²) in [6.45, 7) is 8.34. The van der Waals surface area contributed by atoms with E-state index in [0.29, 0.717) is 17.4 Å². The zero-order valence-corrected chi connectivity index (χ0v) is 16.9. The predicted octanol–water partition coefficient (Wildman–Crippen LogP) is 3.47. The highest BCUT2D eigenvalue weighted by Gasteiger charge is 2.16. The number of benzene rings is 1. The van der Waals surface area contributed by atoms with Gasteiger partial charge in [-0.1, -0.05) is 18.5 Å². The van der Waals surface area contributed by atoms with Crippen LogP contribution in [-0.2, 0) is 0 Å². The maximum absolute atomic E-state index is 12.3. The Morgan fingerprint density at radius 2 is 2.07 bits per heavy atom. The molecular formula is C20H28ClN5O. The summed E-state index contributed by atoms with van der Waals surface area (Å²) in [7, 11) is 0. The lowest BCUT2D eigenvalue weighted by Crippen LogP contribution is -2.35. The number of carbonyl (C=O) groups is 1. The summed E-state index contributed by atoms with van der Waals surface area (Å²) in [6.07, 6.45) is 4.72. The van der Waals surface area contributed by atoms with Crippen LogP contribution in [0.2, 0.25) is 5.02 Å². The summed E-state index contributed by atoms with van der Waals surface area (Å²) < 4.78 is 1.66. The van der Waals surface area contributed by atoms with Gasteiger partial charge in [-0.2, -0.15) is 0 Å². The van der Waals surface area contributed by atoms with E-state index in [1.807, 2.05) is 19.1 Å². The quantitative estimate of drug-likeness (QED) is 0.736. The molecule has 1 aliphatic rings. The minimum Gasteiger partial charge on any atom is -0.349 e. The highest BCUT2D eigenvalue weighted by Crippen LogP contribution is 2.16. The highest BCUT2D eigenvalue weighted by atomic mass is 35.5. The number of carbonyl (C=O) groups excluding carboxylic acids is 1. The zero-order chi connectivity index (χ0) is 19.2. The molecule has 1 unspecified atom stereocenters. The number of aryl methyl sites for hydroxylation is 1. The Balaban J connectivity index is 1.44. The van der Waals surface area contributed by atoms with Gasteiger partial charge in [0, 0.05) is 18.1 Å². The lowest BCUT2D eigenvalue weighted by Gasteiger charge is -2.30. The van der Waals surface area contributed by atoms with E-state index >= 15 is 0 Å². The first-order valence-corrected chi connectivity index (χ1v) is 10.1. The first-order chi connectivity index (χ1) is 13.0. The standard InChI is InChI=1S/C20H28ClN5O/c1-15-6-5-13-25(14-15)12-4-3-11-22-20(27)19-23-16(2)26(24-19)18-9-7-17(21)8-10-18/h7-10,15H,3-6,11-14H2,1-2H3,(H,22,27). The SMILES string of the molecule is Cc1nc(C(=O)NCCCCN2CCCC(C)C2)nn1-c1ccc(Cl)cc1. The van der Waals surface area contributed by atoms with Gasteiger partial charge in [0.1, 0.15) is 5.82 Å². The van der Waals surface area contributed by atoms with E-state index in [4.69, 9.17) is 11.6 Å². The number of nitrogens with one attached hydrogen (secondary N) is 1. The Morgan fingerprint density at radius 3 is 2.81 bits per heavy atom. The molecule has 3 rings (SSSR count). The molecule has 0 aliphatic carbocycles. The lowest BCUT2D eigenvalue weighted by molar-refractivity contribution is 0.0942. The minimum absolute atomic E-state index is 0.201. The van der Waals surface area contributed by atoms with Crippen molar-refractivity contribution in [3.63, 3.8) is 0 Å². The molecule has 2 heterocycles. The topological polar surface area (TPSA) is 63.1 Å². The number of rotatable bonds is 7. The van der Waals surface area contributed by atoms with Crippen molar-refractivity contribution in [2.24, 2.45) is 5.92 Å². The van der Waals surface area contributed by atoms with Crippen molar-refractivity contribution in [3.05, 3.63) is 40.9 Å². The Labute approximate surface area is 165 Å². The molecule has 6 nitrogen and oxygen atoms in total. The molecule has 0 bridgehead atoms. The van der Waals surface area contributed by atoms with Gasteiger partial charge in [0.25, 0.3) is 5.91 Å². The minimum atomic E-state index is -0.225. The molecule has 1 aliphatic heterocycles. The summed E-state index contributed by atoms with van der Waals surface area (Å²) >= 11 is 5.92. The van der Waals surface area contributed by atoms with Gasteiger partial charge in [0.2, 0.25) is 5.82 Å². The number of nitrogens with zero attached hydrogens (tertiary/aromatic N) is 4. The van der Waals surface area contributed by atoms with Gasteiger partial charge >= 0.3 is 0 Å². The second-order valence-corrected chi connectivity index (χ2v) is 7.82. The van der Waals surface area contributed by atoms with E-state index in [-0.39, 0.29) is 11.7 Å². The molecule has 0 spiro atoms. The molecule has 146 valence electrons. The molecule has 1 amide bonds. The van der Waals surface area contributed by atoms with Gasteiger partial charge in [0.15, 0.2) is 0 Å². The normalized spacial score (nSPS) is 17.8.